The van der Waals surface area contributed by atoms with Crippen LogP contribution < -0.4 is 11.5 Å². The van der Waals surface area contributed by atoms with E-state index in [-0.39, 0.29) is 0 Å². The minimum atomic E-state index is -1.15. The molecule has 5 nitrogen and oxygen atoms in total. The van der Waals surface area contributed by atoms with Crippen LogP contribution in [0.25, 0.3) is 0 Å². The first kappa shape index (κ1) is 11.9. The van der Waals surface area contributed by atoms with Crippen molar-refractivity contribution in [3.8, 4) is 0 Å². The highest BCUT2D eigenvalue weighted by atomic mass is 16.4. The van der Waals surface area contributed by atoms with Crippen LogP contribution in [0.4, 0.5) is 0 Å². The topological polar surface area (TPSA) is 102 Å². The van der Waals surface area contributed by atoms with Gasteiger partial charge in [0, 0.05) is 6.54 Å². The Labute approximate surface area is 77.8 Å². The van der Waals surface area contributed by atoms with Crippen molar-refractivity contribution in [2.24, 2.45) is 16.5 Å². The summed E-state index contributed by atoms with van der Waals surface area (Å²) in [4.78, 5) is 14.5. The lowest BCUT2D eigenvalue weighted by molar-refractivity contribution is -0.142. The zero-order valence-corrected chi connectivity index (χ0v) is 8.08. The van der Waals surface area contributed by atoms with E-state index in [1.54, 1.807) is 6.92 Å². The fourth-order valence-electron chi connectivity index (χ4n) is 0.809. The molecule has 1 atom stereocenters. The number of aliphatic imine (C=N–C) groups is 1. The van der Waals surface area contributed by atoms with Crippen molar-refractivity contribution < 1.29 is 9.90 Å². The van der Waals surface area contributed by atoms with Crippen molar-refractivity contribution in [2.45, 2.75) is 32.2 Å². The minimum Gasteiger partial charge on any atom is -0.480 e. The van der Waals surface area contributed by atoms with Gasteiger partial charge in [0.1, 0.15) is 5.54 Å². The van der Waals surface area contributed by atoms with Crippen LogP contribution in [0.15, 0.2) is 4.99 Å². The van der Waals surface area contributed by atoms with Crippen LogP contribution in [0, 0.1) is 0 Å². The van der Waals surface area contributed by atoms with Gasteiger partial charge >= 0.3 is 5.97 Å². The Bertz CT molecular complexity index is 207. The second kappa shape index (κ2) is 4.81. The number of hydrogen-bond donors (Lipinski definition) is 3. The summed E-state index contributed by atoms with van der Waals surface area (Å²) in [5.41, 5.74) is 9.65. The van der Waals surface area contributed by atoms with E-state index < -0.39 is 11.5 Å². The normalized spacial score (nSPS) is 16.7. The second-order valence-electron chi connectivity index (χ2n) is 3.35. The number of nitrogens with two attached hydrogens (primary N) is 2. The van der Waals surface area contributed by atoms with Gasteiger partial charge in [-0.15, -0.1) is 0 Å². The lowest BCUT2D eigenvalue weighted by Gasteiger charge is -2.17. The van der Waals surface area contributed by atoms with Crippen LogP contribution >= 0.6 is 0 Å². The van der Waals surface area contributed by atoms with Crippen LogP contribution in [-0.2, 0) is 4.79 Å². The minimum absolute atomic E-state index is 0.402. The highest BCUT2D eigenvalue weighted by molar-refractivity contribution is 5.78. The quantitative estimate of drug-likeness (QED) is 0.319. The molecule has 0 saturated heterocycles. The van der Waals surface area contributed by atoms with Gasteiger partial charge in [0.05, 0.1) is 5.84 Å². The Morgan fingerprint density at radius 1 is 1.62 bits per heavy atom. The Kier molecular flexibility index (Phi) is 4.40. The van der Waals surface area contributed by atoms with Crippen molar-refractivity contribution >= 4 is 11.8 Å². The number of rotatable bonds is 5. The molecule has 5 heteroatoms. The first-order valence-electron chi connectivity index (χ1n) is 4.15. The highest BCUT2D eigenvalue weighted by Gasteiger charge is 2.26. The van der Waals surface area contributed by atoms with E-state index in [4.69, 9.17) is 16.6 Å². The van der Waals surface area contributed by atoms with Crippen LogP contribution in [0.1, 0.15) is 26.7 Å². The first-order chi connectivity index (χ1) is 5.86. The molecule has 0 aromatic carbocycles. The molecular formula is C8H17N3O2. The molecular weight excluding hydrogens is 170 g/mol. The molecule has 0 spiro atoms. The highest BCUT2D eigenvalue weighted by Crippen LogP contribution is 2.08. The van der Waals surface area contributed by atoms with E-state index in [1.165, 1.54) is 6.92 Å². The zero-order chi connectivity index (χ0) is 10.5. The monoisotopic (exact) mass is 187 g/mol. The fourth-order valence-corrected chi connectivity index (χ4v) is 0.809. The molecule has 0 aliphatic heterocycles. The maximum Gasteiger partial charge on any atom is 0.323 e. The Morgan fingerprint density at radius 2 is 2.15 bits per heavy atom. The van der Waals surface area contributed by atoms with E-state index in [2.05, 4.69) is 4.99 Å². The van der Waals surface area contributed by atoms with Gasteiger partial charge in [0.15, 0.2) is 0 Å². The summed E-state index contributed by atoms with van der Waals surface area (Å²) in [5, 5.41) is 8.66. The Hall–Kier alpha value is -1.10. The Morgan fingerprint density at radius 3 is 2.54 bits per heavy atom. The number of hydrogen-bond acceptors (Lipinski definition) is 3. The number of aliphatic carboxylic acids is 1. The molecule has 13 heavy (non-hydrogen) atoms. The molecule has 0 heterocycles. The molecule has 5 N–H and O–H groups in total. The van der Waals surface area contributed by atoms with Gasteiger partial charge < -0.3 is 16.6 Å². The summed E-state index contributed by atoms with van der Waals surface area (Å²) >= 11 is 0. The summed E-state index contributed by atoms with van der Waals surface area (Å²) in [5.74, 6) is -0.477. The lowest BCUT2D eigenvalue weighted by atomic mass is 9.98. The number of nitrogens with zero attached hydrogens (tertiary/aromatic N) is 1. The maximum absolute atomic E-state index is 10.6. The van der Waals surface area contributed by atoms with Crippen molar-refractivity contribution in [3.63, 3.8) is 0 Å². The van der Waals surface area contributed by atoms with E-state index in [1.807, 2.05) is 0 Å². The van der Waals surface area contributed by atoms with Crippen LogP contribution in [0.5, 0.6) is 0 Å². The van der Waals surface area contributed by atoms with Crippen molar-refractivity contribution in [2.75, 3.05) is 6.54 Å². The average Bonchev–Trinajstić information content (AvgIpc) is 1.97. The molecule has 0 bridgehead atoms. The number of amidine groups is 1. The third-order valence-corrected chi connectivity index (χ3v) is 1.70. The molecule has 0 amide bonds. The lowest BCUT2D eigenvalue weighted by Crippen LogP contribution is -2.44. The summed E-state index contributed by atoms with van der Waals surface area (Å²) in [6.07, 6.45) is 1.03. The Balaban J connectivity index is 3.77. The summed E-state index contributed by atoms with van der Waals surface area (Å²) < 4.78 is 0. The zero-order valence-electron chi connectivity index (χ0n) is 8.08. The predicted molar refractivity (Wildman–Crippen MR) is 51.6 cm³/mol. The number of carboxylic acids is 1. The van der Waals surface area contributed by atoms with Gasteiger partial charge in [-0.3, -0.25) is 9.79 Å². The molecule has 0 aromatic rings. The molecule has 0 rings (SSSR count). The van der Waals surface area contributed by atoms with Crippen molar-refractivity contribution in [1.82, 2.24) is 0 Å². The molecule has 0 fully saturated rings. The SMILES string of the molecule is CC(N)=NCCCC(C)(N)C(=O)O. The average molecular weight is 187 g/mol. The standard InChI is InChI=1S/C8H17N3O2/c1-6(9)11-5-3-4-8(2,10)7(12)13/h3-5,10H2,1-2H3,(H2,9,11)(H,12,13). The van der Waals surface area contributed by atoms with Crippen LogP contribution in [-0.4, -0.2) is 29.0 Å². The fraction of sp³-hybridized carbons (Fsp3) is 0.750. The van der Waals surface area contributed by atoms with E-state index in [9.17, 15) is 4.79 Å². The molecule has 0 aromatic heterocycles. The van der Waals surface area contributed by atoms with Crippen molar-refractivity contribution in [3.05, 3.63) is 0 Å². The summed E-state index contributed by atoms with van der Waals surface area (Å²) in [6, 6.07) is 0. The second-order valence-corrected chi connectivity index (χ2v) is 3.35. The smallest absolute Gasteiger partial charge is 0.323 e. The first-order valence-corrected chi connectivity index (χ1v) is 4.15. The van der Waals surface area contributed by atoms with Gasteiger partial charge in [-0.05, 0) is 26.7 Å². The third-order valence-electron chi connectivity index (χ3n) is 1.70. The van der Waals surface area contributed by atoms with E-state index >= 15 is 0 Å². The van der Waals surface area contributed by atoms with Gasteiger partial charge in [-0.25, -0.2) is 0 Å². The molecule has 1 unspecified atom stereocenters. The van der Waals surface area contributed by atoms with Gasteiger partial charge in [0.25, 0.3) is 0 Å². The molecule has 76 valence electrons. The predicted octanol–water partition coefficient (Wildman–Crippen LogP) is -0.0543. The molecule has 0 radical (unpaired) electrons. The summed E-state index contributed by atoms with van der Waals surface area (Å²) in [6.45, 7) is 3.72. The molecule has 0 aliphatic carbocycles. The van der Waals surface area contributed by atoms with Crippen molar-refractivity contribution in [1.29, 1.82) is 0 Å². The van der Waals surface area contributed by atoms with Crippen LogP contribution in [0.2, 0.25) is 0 Å². The molecule has 0 saturated carbocycles. The largest absolute Gasteiger partial charge is 0.480 e. The van der Waals surface area contributed by atoms with Gasteiger partial charge in [-0.1, -0.05) is 0 Å². The number of carboxylic acid groups (broad SMARTS) is 1. The van der Waals surface area contributed by atoms with Gasteiger partial charge in [-0.2, -0.15) is 0 Å². The van der Waals surface area contributed by atoms with E-state index in [0.717, 1.165) is 0 Å². The molecule has 0 aliphatic rings. The third kappa shape index (κ3) is 5.19. The maximum atomic E-state index is 10.6. The number of carbonyl (C=O) groups is 1. The van der Waals surface area contributed by atoms with Crippen LogP contribution in [0.3, 0.4) is 0 Å². The van der Waals surface area contributed by atoms with Gasteiger partial charge in [0.2, 0.25) is 0 Å². The van der Waals surface area contributed by atoms with E-state index in [0.29, 0.717) is 25.2 Å². The summed E-state index contributed by atoms with van der Waals surface area (Å²) in [7, 11) is 0.